The third-order valence-corrected chi connectivity index (χ3v) is 8.50. The highest BCUT2D eigenvalue weighted by Gasteiger charge is 2.33. The molecule has 0 aromatic heterocycles. The molecule has 0 radical (unpaired) electrons. The molecule has 0 aliphatic rings. The van der Waals surface area contributed by atoms with Crippen LogP contribution in [-0.2, 0) is 26.2 Å². The van der Waals surface area contributed by atoms with Gasteiger partial charge in [-0.05, 0) is 68.5 Å². The first-order valence-electron chi connectivity index (χ1n) is 13.2. The fourth-order valence-electron chi connectivity index (χ4n) is 4.20. The van der Waals surface area contributed by atoms with Gasteiger partial charge in [-0.3, -0.25) is 13.9 Å². The summed E-state index contributed by atoms with van der Waals surface area (Å²) in [7, 11) is -4.09. The number of amides is 2. The largest absolute Gasteiger partial charge is 0.354 e. The zero-order valence-corrected chi connectivity index (χ0v) is 24.5. The van der Waals surface area contributed by atoms with Crippen LogP contribution in [0.3, 0.4) is 0 Å². The van der Waals surface area contributed by atoms with Crippen molar-refractivity contribution < 1.29 is 18.0 Å². The summed E-state index contributed by atoms with van der Waals surface area (Å²) in [6.45, 7) is 11.5. The molecular formula is C31H39N3O4S. The quantitative estimate of drug-likeness (QED) is 0.365. The van der Waals surface area contributed by atoms with E-state index in [0.29, 0.717) is 17.8 Å². The predicted molar refractivity (Wildman–Crippen MR) is 156 cm³/mol. The minimum Gasteiger partial charge on any atom is -0.354 e. The number of nitrogens with zero attached hydrogens (tertiary/aromatic N) is 2. The van der Waals surface area contributed by atoms with Crippen LogP contribution in [-0.4, -0.2) is 44.3 Å². The van der Waals surface area contributed by atoms with Gasteiger partial charge in [0.2, 0.25) is 11.8 Å². The molecule has 0 bridgehead atoms. The Bertz CT molecular complexity index is 1400. The maximum atomic E-state index is 14.0. The molecule has 1 N–H and O–H groups in total. The number of aryl methyl sites for hydroxylation is 3. The van der Waals surface area contributed by atoms with E-state index in [1.54, 1.807) is 43.3 Å². The molecule has 7 nitrogen and oxygen atoms in total. The Hall–Kier alpha value is -3.65. The van der Waals surface area contributed by atoms with Gasteiger partial charge in [0, 0.05) is 13.1 Å². The first kappa shape index (κ1) is 29.9. The van der Waals surface area contributed by atoms with Gasteiger partial charge < -0.3 is 10.2 Å². The van der Waals surface area contributed by atoms with Crippen molar-refractivity contribution in [2.75, 3.05) is 17.4 Å². The van der Waals surface area contributed by atoms with E-state index in [9.17, 15) is 18.0 Å². The minimum absolute atomic E-state index is 0.0948. The zero-order valence-electron chi connectivity index (χ0n) is 23.6. The maximum absolute atomic E-state index is 14.0. The lowest BCUT2D eigenvalue weighted by atomic mass is 10.1. The Morgan fingerprint density at radius 3 is 2.00 bits per heavy atom. The summed E-state index contributed by atoms with van der Waals surface area (Å²) in [4.78, 5) is 28.7. The molecule has 3 aromatic carbocycles. The Balaban J connectivity index is 2.03. The molecule has 0 spiro atoms. The standard InChI is InChI=1S/C31H39N3O4S/c1-22(2)19-32-31(36)26(6)33(20-27-13-9-7-11-24(27)4)30(35)21-34(29-14-10-8-12-25(29)5)39(37,38)28-17-15-23(3)16-18-28/h7-18,22,26H,19-21H2,1-6H3,(H,32,36)/t26-/m0/s1. The lowest BCUT2D eigenvalue weighted by molar-refractivity contribution is -0.139. The van der Waals surface area contributed by atoms with Gasteiger partial charge in [-0.2, -0.15) is 0 Å². The number of hydrogen-bond donors (Lipinski definition) is 1. The topological polar surface area (TPSA) is 86.8 Å². The molecule has 208 valence electrons. The lowest BCUT2D eigenvalue weighted by Gasteiger charge is -2.33. The van der Waals surface area contributed by atoms with Crippen LogP contribution in [0.4, 0.5) is 5.69 Å². The summed E-state index contributed by atoms with van der Waals surface area (Å²) in [5.41, 5.74) is 3.93. The van der Waals surface area contributed by atoms with E-state index in [4.69, 9.17) is 0 Å². The number of carbonyl (C=O) groups is 2. The zero-order chi connectivity index (χ0) is 28.7. The van der Waals surface area contributed by atoms with Gasteiger partial charge in [0.1, 0.15) is 12.6 Å². The van der Waals surface area contributed by atoms with E-state index in [1.165, 1.54) is 4.90 Å². The molecule has 0 saturated heterocycles. The number of sulfonamides is 1. The molecule has 1 atom stereocenters. The van der Waals surface area contributed by atoms with Crippen molar-refractivity contribution >= 4 is 27.5 Å². The van der Waals surface area contributed by atoms with Crippen LogP contribution in [0.25, 0.3) is 0 Å². The molecule has 0 saturated carbocycles. The summed E-state index contributed by atoms with van der Waals surface area (Å²) in [6, 6.07) is 20.5. The average molecular weight is 550 g/mol. The second-order valence-electron chi connectivity index (χ2n) is 10.4. The molecule has 3 rings (SSSR count). The van der Waals surface area contributed by atoms with Gasteiger partial charge in [-0.1, -0.05) is 74.0 Å². The summed E-state index contributed by atoms with van der Waals surface area (Å²) < 4.78 is 29.0. The first-order chi connectivity index (χ1) is 18.4. The van der Waals surface area contributed by atoms with Crippen LogP contribution >= 0.6 is 0 Å². The van der Waals surface area contributed by atoms with E-state index in [2.05, 4.69) is 5.32 Å². The molecule has 0 fully saturated rings. The molecule has 0 unspecified atom stereocenters. The second-order valence-corrected chi connectivity index (χ2v) is 12.2. The second kappa shape index (κ2) is 12.9. The van der Waals surface area contributed by atoms with Crippen molar-refractivity contribution in [3.05, 3.63) is 95.1 Å². The summed E-state index contributed by atoms with van der Waals surface area (Å²) >= 11 is 0. The lowest BCUT2D eigenvalue weighted by Crippen LogP contribution is -2.51. The Labute approximate surface area is 232 Å². The summed E-state index contributed by atoms with van der Waals surface area (Å²) in [5.74, 6) is -0.503. The number of hydrogen-bond acceptors (Lipinski definition) is 4. The molecule has 3 aromatic rings. The highest BCUT2D eigenvalue weighted by atomic mass is 32.2. The number of para-hydroxylation sites is 1. The van der Waals surface area contributed by atoms with Gasteiger partial charge >= 0.3 is 0 Å². The minimum atomic E-state index is -4.09. The smallest absolute Gasteiger partial charge is 0.264 e. The third kappa shape index (κ3) is 7.47. The molecule has 0 heterocycles. The van der Waals surface area contributed by atoms with Crippen LogP contribution in [0.5, 0.6) is 0 Å². The molecular weight excluding hydrogens is 510 g/mol. The summed E-state index contributed by atoms with van der Waals surface area (Å²) in [6.07, 6.45) is 0. The Morgan fingerprint density at radius 1 is 0.821 bits per heavy atom. The van der Waals surface area contributed by atoms with E-state index in [1.807, 2.05) is 71.0 Å². The number of benzene rings is 3. The average Bonchev–Trinajstić information content (AvgIpc) is 2.90. The van der Waals surface area contributed by atoms with Crippen molar-refractivity contribution in [1.29, 1.82) is 0 Å². The predicted octanol–water partition coefficient (Wildman–Crippen LogP) is 5.00. The van der Waals surface area contributed by atoms with Crippen molar-refractivity contribution in [2.45, 2.75) is 59.0 Å². The highest BCUT2D eigenvalue weighted by Crippen LogP contribution is 2.27. The summed E-state index contributed by atoms with van der Waals surface area (Å²) in [5, 5.41) is 2.91. The maximum Gasteiger partial charge on any atom is 0.264 e. The van der Waals surface area contributed by atoms with Gasteiger partial charge in [0.05, 0.1) is 10.6 Å². The SMILES string of the molecule is Cc1ccc(S(=O)(=O)N(CC(=O)N(Cc2ccccc2C)[C@@H](C)C(=O)NCC(C)C)c2ccccc2C)cc1. The Kier molecular flexibility index (Phi) is 9.92. The number of anilines is 1. The van der Waals surface area contributed by atoms with E-state index in [0.717, 1.165) is 21.0 Å². The number of carbonyl (C=O) groups excluding carboxylic acids is 2. The van der Waals surface area contributed by atoms with Crippen molar-refractivity contribution in [3.8, 4) is 0 Å². The van der Waals surface area contributed by atoms with Crippen molar-refractivity contribution in [3.63, 3.8) is 0 Å². The van der Waals surface area contributed by atoms with Gasteiger partial charge in [-0.15, -0.1) is 0 Å². The number of rotatable bonds is 11. The van der Waals surface area contributed by atoms with Crippen LogP contribution in [0.15, 0.2) is 77.7 Å². The van der Waals surface area contributed by atoms with Gasteiger partial charge in [0.25, 0.3) is 10.0 Å². The van der Waals surface area contributed by atoms with Crippen molar-refractivity contribution in [2.24, 2.45) is 5.92 Å². The Morgan fingerprint density at radius 2 is 1.41 bits per heavy atom. The van der Waals surface area contributed by atoms with Crippen molar-refractivity contribution in [1.82, 2.24) is 10.2 Å². The first-order valence-corrected chi connectivity index (χ1v) is 14.6. The third-order valence-electron chi connectivity index (χ3n) is 6.73. The normalized spacial score (nSPS) is 12.2. The molecule has 8 heteroatoms. The van der Waals surface area contributed by atoms with Crippen LogP contribution in [0.1, 0.15) is 43.0 Å². The molecule has 0 aliphatic heterocycles. The molecule has 39 heavy (non-hydrogen) atoms. The van der Waals surface area contributed by atoms with Gasteiger partial charge in [-0.25, -0.2) is 8.42 Å². The number of nitrogens with one attached hydrogen (secondary N) is 1. The molecule has 0 aliphatic carbocycles. The van der Waals surface area contributed by atoms with Crippen LogP contribution in [0, 0.1) is 26.7 Å². The fraction of sp³-hybridized carbons (Fsp3) is 0.355. The van der Waals surface area contributed by atoms with E-state index < -0.39 is 28.5 Å². The highest BCUT2D eigenvalue weighted by molar-refractivity contribution is 7.92. The van der Waals surface area contributed by atoms with Gasteiger partial charge in [0.15, 0.2) is 0 Å². The van der Waals surface area contributed by atoms with E-state index in [-0.39, 0.29) is 23.3 Å². The van der Waals surface area contributed by atoms with E-state index >= 15 is 0 Å². The van der Waals surface area contributed by atoms with Crippen LogP contribution in [0.2, 0.25) is 0 Å². The fourth-order valence-corrected chi connectivity index (χ4v) is 5.68. The monoisotopic (exact) mass is 549 g/mol. The van der Waals surface area contributed by atoms with Crippen LogP contribution < -0.4 is 9.62 Å². The molecule has 2 amide bonds.